The van der Waals surface area contributed by atoms with Gasteiger partial charge in [-0.2, -0.15) is 0 Å². The van der Waals surface area contributed by atoms with Crippen molar-refractivity contribution in [2.24, 2.45) is 7.05 Å². The normalized spacial score (nSPS) is 10.7. The predicted molar refractivity (Wildman–Crippen MR) is 102 cm³/mol. The third-order valence-corrected chi connectivity index (χ3v) is 5.52. The van der Waals surface area contributed by atoms with Crippen LogP contribution in [0.15, 0.2) is 60.1 Å². The summed E-state index contributed by atoms with van der Waals surface area (Å²) in [4.78, 5) is 16.2. The molecule has 118 valence electrons. The summed E-state index contributed by atoms with van der Waals surface area (Å²) < 4.78 is 3.04. The van der Waals surface area contributed by atoms with Crippen molar-refractivity contribution in [3.8, 4) is 0 Å². The van der Waals surface area contributed by atoms with Gasteiger partial charge in [0.05, 0.1) is 18.7 Å². The van der Waals surface area contributed by atoms with Gasteiger partial charge in [-0.25, -0.2) is 0 Å². The van der Waals surface area contributed by atoms with Gasteiger partial charge in [0.25, 0.3) is 5.91 Å². The van der Waals surface area contributed by atoms with E-state index < -0.39 is 0 Å². The summed E-state index contributed by atoms with van der Waals surface area (Å²) in [7, 11) is 2.01. The lowest BCUT2D eigenvalue weighted by atomic mass is 10.2. The molecule has 0 fully saturated rings. The van der Waals surface area contributed by atoms with Gasteiger partial charge >= 0.3 is 0 Å². The molecule has 3 rings (SSSR count). The van der Waals surface area contributed by atoms with Gasteiger partial charge in [0.1, 0.15) is 0 Å². The van der Waals surface area contributed by atoms with Gasteiger partial charge in [-0.1, -0.05) is 18.2 Å². The summed E-state index contributed by atoms with van der Waals surface area (Å²) in [5.74, 6) is 0.0737. The molecular weight excluding hydrogens is 419 g/mol. The Hall–Kier alpha value is -1.60. The zero-order valence-electron chi connectivity index (χ0n) is 12.8. The number of hydrogen-bond donors (Lipinski definition) is 0. The summed E-state index contributed by atoms with van der Waals surface area (Å²) >= 11 is 3.91. The number of rotatable bonds is 5. The van der Waals surface area contributed by atoms with E-state index in [9.17, 15) is 4.79 Å². The number of carbonyl (C=O) groups is 1. The van der Waals surface area contributed by atoms with Crippen molar-refractivity contribution in [3.05, 3.63) is 79.8 Å². The van der Waals surface area contributed by atoms with Crippen LogP contribution in [-0.2, 0) is 20.1 Å². The van der Waals surface area contributed by atoms with Gasteiger partial charge in [-0.05, 0) is 58.3 Å². The van der Waals surface area contributed by atoms with Crippen molar-refractivity contribution >= 4 is 39.8 Å². The first-order valence-electron chi connectivity index (χ1n) is 7.31. The molecule has 0 bridgehead atoms. The molecular formula is C18H17IN2OS. The van der Waals surface area contributed by atoms with Crippen LogP contribution in [0, 0.1) is 3.57 Å². The van der Waals surface area contributed by atoms with Crippen LogP contribution in [0.25, 0.3) is 0 Å². The van der Waals surface area contributed by atoms with E-state index in [-0.39, 0.29) is 5.91 Å². The lowest BCUT2D eigenvalue weighted by Gasteiger charge is -2.23. The Balaban J connectivity index is 1.89. The van der Waals surface area contributed by atoms with Gasteiger partial charge < -0.3 is 9.47 Å². The number of benzene rings is 1. The average molecular weight is 436 g/mol. The summed E-state index contributed by atoms with van der Waals surface area (Å²) in [6, 6.07) is 15.9. The fraction of sp³-hybridized carbons (Fsp3) is 0.167. The lowest BCUT2D eigenvalue weighted by molar-refractivity contribution is 0.0727. The number of halogens is 1. The highest BCUT2D eigenvalue weighted by Crippen LogP contribution is 2.20. The van der Waals surface area contributed by atoms with E-state index in [1.54, 1.807) is 11.3 Å². The maximum Gasteiger partial charge on any atom is 0.255 e. The molecule has 0 unspecified atom stereocenters. The van der Waals surface area contributed by atoms with E-state index >= 15 is 0 Å². The highest BCUT2D eigenvalue weighted by atomic mass is 127. The molecule has 0 spiro atoms. The quantitative estimate of drug-likeness (QED) is 0.540. The molecule has 0 atom stereocenters. The molecule has 0 saturated carbocycles. The Labute approximate surface area is 153 Å². The Morgan fingerprint density at radius 1 is 1.13 bits per heavy atom. The van der Waals surface area contributed by atoms with Gasteiger partial charge in [-0.15, -0.1) is 11.3 Å². The van der Waals surface area contributed by atoms with Gasteiger partial charge in [-0.3, -0.25) is 4.79 Å². The first-order valence-corrected chi connectivity index (χ1v) is 9.27. The second-order valence-corrected chi connectivity index (χ2v) is 7.53. The maximum atomic E-state index is 13.0. The number of thiophene rings is 1. The first kappa shape index (κ1) is 16.3. The third kappa shape index (κ3) is 3.84. The SMILES string of the molecule is Cn1cccc1CN(Cc1cccs1)C(=O)c1ccccc1I. The van der Waals surface area contributed by atoms with E-state index in [0.29, 0.717) is 13.1 Å². The molecule has 2 heterocycles. The molecule has 1 amide bonds. The largest absolute Gasteiger partial charge is 0.353 e. The fourth-order valence-electron chi connectivity index (χ4n) is 2.45. The van der Waals surface area contributed by atoms with Crippen LogP contribution in [0.1, 0.15) is 20.9 Å². The Morgan fingerprint density at radius 3 is 2.61 bits per heavy atom. The molecule has 5 heteroatoms. The molecule has 0 aliphatic heterocycles. The zero-order chi connectivity index (χ0) is 16.2. The molecule has 0 aliphatic rings. The van der Waals surface area contributed by atoms with Gasteiger partial charge in [0, 0.05) is 27.4 Å². The number of amides is 1. The van der Waals surface area contributed by atoms with E-state index in [4.69, 9.17) is 0 Å². The minimum Gasteiger partial charge on any atom is -0.353 e. The van der Waals surface area contributed by atoms with Crippen LogP contribution in [0.2, 0.25) is 0 Å². The van der Waals surface area contributed by atoms with Crippen molar-refractivity contribution in [2.75, 3.05) is 0 Å². The van der Waals surface area contributed by atoms with E-state index in [0.717, 1.165) is 14.8 Å². The Kier molecular flexibility index (Phi) is 5.17. The van der Waals surface area contributed by atoms with E-state index in [2.05, 4.69) is 39.3 Å². The summed E-state index contributed by atoms with van der Waals surface area (Å²) in [6.45, 7) is 1.23. The minimum absolute atomic E-state index is 0.0737. The molecule has 2 aromatic heterocycles. The van der Waals surface area contributed by atoms with Crippen LogP contribution in [-0.4, -0.2) is 15.4 Å². The second kappa shape index (κ2) is 7.31. The van der Waals surface area contributed by atoms with Gasteiger partial charge in [0.15, 0.2) is 0 Å². The second-order valence-electron chi connectivity index (χ2n) is 5.33. The van der Waals surface area contributed by atoms with Crippen molar-refractivity contribution in [2.45, 2.75) is 13.1 Å². The molecule has 0 radical (unpaired) electrons. The predicted octanol–water partition coefficient (Wildman–Crippen LogP) is 4.53. The van der Waals surface area contributed by atoms with Crippen LogP contribution in [0.4, 0.5) is 0 Å². The van der Waals surface area contributed by atoms with Crippen LogP contribution < -0.4 is 0 Å². The minimum atomic E-state index is 0.0737. The third-order valence-electron chi connectivity index (χ3n) is 3.72. The highest BCUT2D eigenvalue weighted by Gasteiger charge is 2.19. The Morgan fingerprint density at radius 2 is 1.96 bits per heavy atom. The van der Waals surface area contributed by atoms with E-state index in [1.807, 2.05) is 59.9 Å². The molecule has 1 aromatic carbocycles. The van der Waals surface area contributed by atoms with Crippen molar-refractivity contribution < 1.29 is 4.79 Å². The molecule has 0 aliphatic carbocycles. The molecule has 23 heavy (non-hydrogen) atoms. The zero-order valence-corrected chi connectivity index (χ0v) is 15.8. The standard InChI is InChI=1S/C18H17IN2OS/c1-20-10-4-6-14(20)12-21(13-15-7-5-11-23-15)18(22)16-8-2-3-9-17(16)19/h2-11H,12-13H2,1H3. The summed E-state index contributed by atoms with van der Waals surface area (Å²) in [5, 5.41) is 2.05. The smallest absolute Gasteiger partial charge is 0.255 e. The number of aromatic nitrogens is 1. The monoisotopic (exact) mass is 436 g/mol. The summed E-state index contributed by atoms with van der Waals surface area (Å²) in [5.41, 5.74) is 1.89. The molecule has 0 N–H and O–H groups in total. The van der Waals surface area contributed by atoms with E-state index in [1.165, 1.54) is 4.88 Å². The Bertz CT molecular complexity index is 795. The fourth-order valence-corrected chi connectivity index (χ4v) is 3.79. The lowest BCUT2D eigenvalue weighted by Crippen LogP contribution is -2.31. The molecule has 3 nitrogen and oxygen atoms in total. The number of hydrogen-bond acceptors (Lipinski definition) is 2. The topological polar surface area (TPSA) is 25.2 Å². The first-order chi connectivity index (χ1) is 11.1. The van der Waals surface area contributed by atoms with Crippen molar-refractivity contribution in [3.63, 3.8) is 0 Å². The number of carbonyl (C=O) groups excluding carboxylic acids is 1. The average Bonchev–Trinajstić information content (AvgIpc) is 3.19. The van der Waals surface area contributed by atoms with Crippen LogP contribution in [0.3, 0.4) is 0 Å². The number of nitrogens with zero attached hydrogens (tertiary/aromatic N) is 2. The number of aryl methyl sites for hydroxylation is 1. The van der Waals surface area contributed by atoms with Crippen LogP contribution in [0.5, 0.6) is 0 Å². The van der Waals surface area contributed by atoms with Gasteiger partial charge in [0.2, 0.25) is 0 Å². The van der Waals surface area contributed by atoms with Crippen molar-refractivity contribution in [1.82, 2.24) is 9.47 Å². The van der Waals surface area contributed by atoms with Crippen LogP contribution >= 0.6 is 33.9 Å². The van der Waals surface area contributed by atoms with Crippen molar-refractivity contribution in [1.29, 1.82) is 0 Å². The highest BCUT2D eigenvalue weighted by molar-refractivity contribution is 14.1. The maximum absolute atomic E-state index is 13.0. The molecule has 0 saturated heterocycles. The summed E-state index contributed by atoms with van der Waals surface area (Å²) in [6.07, 6.45) is 2.01. The molecule has 3 aromatic rings.